The first-order valence-corrected chi connectivity index (χ1v) is 17.9. The SMILES string of the molecule is NC1NC2=CC(F)CNC(CC23CCCC3)C1C(=O)NC1CNCC(F)C1N1CCC(C(=O)N2CC(N3CCCCC3)C2)CC1. The number of fused-ring (bicyclic) bond motifs is 1. The van der Waals surface area contributed by atoms with Gasteiger partial charge in [-0.15, -0.1) is 0 Å². The summed E-state index contributed by atoms with van der Waals surface area (Å²) in [6.07, 6.45) is 8.81. The van der Waals surface area contributed by atoms with Gasteiger partial charge in [0, 0.05) is 61.8 Å². The maximum absolute atomic E-state index is 15.7. The van der Waals surface area contributed by atoms with Gasteiger partial charge in [0.25, 0.3) is 0 Å². The molecule has 7 unspecified atom stereocenters. The van der Waals surface area contributed by atoms with Gasteiger partial charge < -0.3 is 31.9 Å². The summed E-state index contributed by atoms with van der Waals surface area (Å²) in [6, 6.07) is -0.665. The molecule has 1 aliphatic carbocycles. The lowest BCUT2D eigenvalue weighted by Gasteiger charge is -2.49. The van der Waals surface area contributed by atoms with E-state index in [-0.39, 0.29) is 42.3 Å². The third-order valence-electron chi connectivity index (χ3n) is 12.3. The lowest BCUT2D eigenvalue weighted by atomic mass is 9.74. The van der Waals surface area contributed by atoms with Gasteiger partial charge in [-0.1, -0.05) is 19.3 Å². The smallest absolute Gasteiger partial charge is 0.228 e. The molecule has 0 aromatic carbocycles. The first kappa shape index (κ1) is 31.7. The van der Waals surface area contributed by atoms with Crippen LogP contribution in [-0.4, -0.2) is 128 Å². The van der Waals surface area contributed by atoms with Gasteiger partial charge in [0.2, 0.25) is 11.8 Å². The Morgan fingerprint density at radius 3 is 2.40 bits per heavy atom. The summed E-state index contributed by atoms with van der Waals surface area (Å²) in [7, 11) is 0. The van der Waals surface area contributed by atoms with Crippen LogP contribution < -0.4 is 27.0 Å². The van der Waals surface area contributed by atoms with Crippen LogP contribution in [0.4, 0.5) is 8.78 Å². The van der Waals surface area contributed by atoms with Crippen molar-refractivity contribution < 1.29 is 18.4 Å². The zero-order valence-corrected chi connectivity index (χ0v) is 26.7. The molecule has 5 saturated heterocycles. The Morgan fingerprint density at radius 2 is 1.67 bits per heavy atom. The standard InChI is InChI=1S/C33H54F2N8O2/c34-22-14-27-33(8-2-3-9-33)15-25(38-16-22)28(30(36)40-27)31(44)39-26-18-37-17-24(35)29(26)42-12-6-21(7-13-42)32(45)43-19-23(20-43)41-10-4-1-5-11-41/h14,21-26,28-30,37-38,40H,1-13,15-20,36H2,(H,39,44). The average molecular weight is 633 g/mol. The third-order valence-corrected chi connectivity index (χ3v) is 12.3. The minimum Gasteiger partial charge on any atom is -0.372 e. The predicted octanol–water partition coefficient (Wildman–Crippen LogP) is 0.838. The minimum absolute atomic E-state index is 0.0164. The fourth-order valence-electron chi connectivity index (χ4n) is 9.75. The molecule has 45 heavy (non-hydrogen) atoms. The van der Waals surface area contributed by atoms with E-state index in [1.807, 2.05) is 4.90 Å². The highest BCUT2D eigenvalue weighted by Crippen LogP contribution is 2.50. The summed E-state index contributed by atoms with van der Waals surface area (Å²) in [5, 5.41) is 13.1. The number of nitrogens with one attached hydrogen (secondary N) is 4. The number of halogens is 2. The molecule has 1 saturated carbocycles. The van der Waals surface area contributed by atoms with Gasteiger partial charge in [-0.25, -0.2) is 8.78 Å². The van der Waals surface area contributed by atoms with Crippen LogP contribution in [0.1, 0.15) is 64.2 Å². The Kier molecular flexibility index (Phi) is 9.40. The highest BCUT2D eigenvalue weighted by molar-refractivity contribution is 5.81. The zero-order chi connectivity index (χ0) is 31.1. The molecule has 6 N–H and O–H groups in total. The second-order valence-corrected chi connectivity index (χ2v) is 15.1. The van der Waals surface area contributed by atoms with Crippen LogP contribution in [0.5, 0.6) is 0 Å². The summed E-state index contributed by atoms with van der Waals surface area (Å²) in [5.41, 5.74) is 7.35. The van der Waals surface area contributed by atoms with E-state index in [1.54, 1.807) is 6.08 Å². The van der Waals surface area contributed by atoms with E-state index in [1.165, 1.54) is 19.3 Å². The lowest BCUT2D eigenvalue weighted by molar-refractivity contribution is -0.145. The van der Waals surface area contributed by atoms with Crippen LogP contribution >= 0.6 is 0 Å². The fraction of sp³-hybridized carbons (Fsp3) is 0.879. The van der Waals surface area contributed by atoms with Crippen molar-refractivity contribution in [3.8, 4) is 0 Å². The van der Waals surface area contributed by atoms with Crippen molar-refractivity contribution >= 4 is 11.8 Å². The van der Waals surface area contributed by atoms with E-state index in [9.17, 15) is 14.0 Å². The molecule has 10 nitrogen and oxygen atoms in total. The van der Waals surface area contributed by atoms with Gasteiger partial charge in [-0.05, 0) is 77.2 Å². The number of piperidine rings is 3. The van der Waals surface area contributed by atoms with Crippen molar-refractivity contribution in [2.75, 3.05) is 58.9 Å². The van der Waals surface area contributed by atoms with Crippen molar-refractivity contribution in [3.63, 3.8) is 0 Å². The molecule has 0 aromatic heterocycles. The normalized spacial score (nSPS) is 38.5. The number of likely N-dealkylation sites (tertiary alicyclic amines) is 3. The molecule has 6 fully saturated rings. The topological polar surface area (TPSA) is 118 Å². The average Bonchev–Trinajstić information content (AvgIpc) is 3.46. The van der Waals surface area contributed by atoms with E-state index in [4.69, 9.17) is 5.73 Å². The first-order valence-electron chi connectivity index (χ1n) is 17.9. The Hall–Kier alpha value is -1.86. The van der Waals surface area contributed by atoms with Crippen LogP contribution in [0.2, 0.25) is 0 Å². The number of amides is 2. The lowest BCUT2D eigenvalue weighted by Crippen LogP contribution is -2.68. The van der Waals surface area contributed by atoms with Gasteiger partial charge in [-0.2, -0.15) is 0 Å². The number of hydrogen-bond donors (Lipinski definition) is 5. The summed E-state index contributed by atoms with van der Waals surface area (Å²) in [4.78, 5) is 34.1. The number of rotatable bonds is 5. The molecule has 7 aliphatic rings. The molecule has 7 rings (SSSR count). The highest BCUT2D eigenvalue weighted by atomic mass is 19.1. The third kappa shape index (κ3) is 6.38. The summed E-state index contributed by atoms with van der Waals surface area (Å²) >= 11 is 0. The number of hydrogen-bond acceptors (Lipinski definition) is 8. The van der Waals surface area contributed by atoms with Crippen LogP contribution in [0.25, 0.3) is 0 Å². The van der Waals surface area contributed by atoms with Crippen LogP contribution in [0.15, 0.2) is 11.8 Å². The summed E-state index contributed by atoms with van der Waals surface area (Å²) in [6.45, 7) is 6.12. The van der Waals surface area contributed by atoms with Crippen molar-refractivity contribution in [2.24, 2.45) is 23.0 Å². The van der Waals surface area contributed by atoms with Gasteiger partial charge in [0.1, 0.15) is 12.3 Å². The van der Waals surface area contributed by atoms with E-state index in [2.05, 4.69) is 31.1 Å². The van der Waals surface area contributed by atoms with Gasteiger partial charge in [0.05, 0.1) is 24.2 Å². The minimum atomic E-state index is -1.15. The summed E-state index contributed by atoms with van der Waals surface area (Å²) < 4.78 is 30.5. The molecular formula is C33H54F2N8O2. The van der Waals surface area contributed by atoms with Crippen molar-refractivity contribution in [3.05, 3.63) is 11.8 Å². The molecule has 7 atom stereocenters. The van der Waals surface area contributed by atoms with Gasteiger partial charge in [-0.3, -0.25) is 19.4 Å². The second kappa shape index (κ2) is 13.3. The highest BCUT2D eigenvalue weighted by Gasteiger charge is 2.50. The van der Waals surface area contributed by atoms with Crippen molar-refractivity contribution in [1.82, 2.24) is 36.0 Å². The number of carbonyl (C=O) groups excluding carboxylic acids is 2. The molecule has 1 spiro atoms. The Bertz CT molecular complexity index is 1100. The quantitative estimate of drug-likeness (QED) is 0.303. The largest absolute Gasteiger partial charge is 0.372 e. The van der Waals surface area contributed by atoms with E-state index in [0.717, 1.165) is 64.0 Å². The molecule has 12 heteroatoms. The fourth-order valence-corrected chi connectivity index (χ4v) is 9.75. The van der Waals surface area contributed by atoms with E-state index < -0.39 is 36.5 Å². The molecule has 0 aromatic rings. The van der Waals surface area contributed by atoms with Gasteiger partial charge in [0.15, 0.2) is 0 Å². The molecule has 0 radical (unpaired) electrons. The zero-order valence-electron chi connectivity index (χ0n) is 26.7. The van der Waals surface area contributed by atoms with Crippen molar-refractivity contribution in [1.29, 1.82) is 0 Å². The number of nitrogens with zero attached hydrogens (tertiary/aromatic N) is 3. The van der Waals surface area contributed by atoms with E-state index >= 15 is 4.39 Å². The Morgan fingerprint density at radius 1 is 0.933 bits per heavy atom. The number of allylic oxidation sites excluding steroid dienone is 1. The maximum atomic E-state index is 15.7. The Labute approximate surface area is 266 Å². The van der Waals surface area contributed by atoms with Crippen LogP contribution in [0, 0.1) is 17.3 Å². The molecule has 6 heterocycles. The maximum Gasteiger partial charge on any atom is 0.228 e. The molecular weight excluding hydrogens is 578 g/mol. The number of nitrogens with two attached hydrogens (primary N) is 1. The predicted molar refractivity (Wildman–Crippen MR) is 168 cm³/mol. The molecule has 6 aliphatic heterocycles. The Balaban J connectivity index is 0.974. The van der Waals surface area contributed by atoms with Crippen molar-refractivity contribution in [2.45, 2.75) is 107 Å². The van der Waals surface area contributed by atoms with Crippen LogP contribution in [0.3, 0.4) is 0 Å². The molecule has 2 amide bonds. The number of alkyl halides is 2. The second-order valence-electron chi connectivity index (χ2n) is 15.1. The van der Waals surface area contributed by atoms with Gasteiger partial charge >= 0.3 is 0 Å². The monoisotopic (exact) mass is 632 g/mol. The summed E-state index contributed by atoms with van der Waals surface area (Å²) in [5.74, 6) is -0.592. The molecule has 252 valence electrons. The number of carbonyl (C=O) groups is 2. The molecule has 2 bridgehead atoms. The van der Waals surface area contributed by atoms with E-state index in [0.29, 0.717) is 38.5 Å². The first-order chi connectivity index (χ1) is 21.8. The van der Waals surface area contributed by atoms with Crippen LogP contribution in [-0.2, 0) is 9.59 Å².